The second kappa shape index (κ2) is 6.24. The van der Waals surface area contributed by atoms with E-state index in [4.69, 9.17) is 5.73 Å². The number of aromatic nitrogens is 4. The number of hydrogen-bond donors (Lipinski definition) is 3. The Labute approximate surface area is 156 Å². The highest BCUT2D eigenvalue weighted by Gasteiger charge is 2.28. The van der Waals surface area contributed by atoms with Crippen molar-refractivity contribution >= 4 is 28.7 Å². The number of fused-ring (bicyclic) bond motifs is 1. The van der Waals surface area contributed by atoms with Crippen molar-refractivity contribution in [2.45, 2.75) is 13.8 Å². The van der Waals surface area contributed by atoms with Gasteiger partial charge in [0.1, 0.15) is 0 Å². The Hall–Kier alpha value is -3.68. The molecule has 136 valence electrons. The van der Waals surface area contributed by atoms with Crippen LogP contribution in [0.3, 0.4) is 0 Å². The fourth-order valence-corrected chi connectivity index (χ4v) is 3.12. The average molecular weight is 361 g/mol. The third-order valence-electron chi connectivity index (χ3n) is 4.58. The molecule has 0 atom stereocenters. The number of nitrogens with one attached hydrogen (secondary N) is 2. The summed E-state index contributed by atoms with van der Waals surface area (Å²) in [5.74, 6) is 0.501. The van der Waals surface area contributed by atoms with Crippen LogP contribution in [0.1, 0.15) is 18.1 Å². The van der Waals surface area contributed by atoms with Gasteiger partial charge in [0.2, 0.25) is 0 Å². The minimum Gasteiger partial charge on any atom is -0.397 e. The van der Waals surface area contributed by atoms with Crippen LogP contribution in [0.2, 0.25) is 0 Å². The number of rotatable bonds is 3. The minimum atomic E-state index is -0.174. The molecular weight excluding hydrogens is 342 g/mol. The van der Waals surface area contributed by atoms with Crippen LogP contribution in [-0.4, -0.2) is 25.7 Å². The predicted octanol–water partition coefficient (Wildman–Crippen LogP) is 2.56. The highest BCUT2D eigenvalue weighted by molar-refractivity contribution is 6.32. The second-order valence-electron chi connectivity index (χ2n) is 6.47. The number of allylic oxidation sites excluding steroid dienone is 1. The lowest BCUT2D eigenvalue weighted by Gasteiger charge is -2.10. The van der Waals surface area contributed by atoms with Crippen molar-refractivity contribution in [3.8, 4) is 11.3 Å². The SMILES string of the molecule is C/C(Nc1ccn(C)n1)=C1/C(=O)Nc2cnc(-c3cncc(N)c3C)cc21. The number of nitrogen functional groups attached to an aromatic ring is 1. The van der Waals surface area contributed by atoms with E-state index in [1.54, 1.807) is 23.3 Å². The molecule has 0 spiro atoms. The Balaban J connectivity index is 1.79. The third kappa shape index (κ3) is 2.91. The summed E-state index contributed by atoms with van der Waals surface area (Å²) in [5.41, 5.74) is 11.8. The van der Waals surface area contributed by atoms with Gasteiger partial charge in [0.25, 0.3) is 5.91 Å². The summed E-state index contributed by atoms with van der Waals surface area (Å²) in [6.07, 6.45) is 6.84. The molecule has 8 nitrogen and oxygen atoms in total. The van der Waals surface area contributed by atoms with Gasteiger partial charge in [-0.15, -0.1) is 0 Å². The average Bonchev–Trinajstić information content (AvgIpc) is 3.18. The smallest absolute Gasteiger partial charge is 0.258 e. The summed E-state index contributed by atoms with van der Waals surface area (Å²) in [7, 11) is 1.84. The van der Waals surface area contributed by atoms with E-state index in [9.17, 15) is 4.79 Å². The zero-order valence-corrected chi connectivity index (χ0v) is 15.2. The lowest BCUT2D eigenvalue weighted by atomic mass is 10.0. The van der Waals surface area contributed by atoms with E-state index in [2.05, 4.69) is 25.7 Å². The number of carbonyl (C=O) groups excluding carboxylic acids is 1. The minimum absolute atomic E-state index is 0.174. The van der Waals surface area contributed by atoms with E-state index in [-0.39, 0.29) is 5.91 Å². The maximum absolute atomic E-state index is 12.5. The van der Waals surface area contributed by atoms with Crippen molar-refractivity contribution < 1.29 is 4.79 Å². The Bertz CT molecular complexity index is 1100. The van der Waals surface area contributed by atoms with E-state index in [1.165, 1.54) is 0 Å². The van der Waals surface area contributed by atoms with Crippen LogP contribution in [0.4, 0.5) is 17.2 Å². The predicted molar refractivity (Wildman–Crippen MR) is 105 cm³/mol. The van der Waals surface area contributed by atoms with Crippen molar-refractivity contribution in [3.05, 3.63) is 53.7 Å². The molecule has 0 bridgehead atoms. The number of pyridine rings is 2. The Kier molecular flexibility index (Phi) is 3.88. The third-order valence-corrected chi connectivity index (χ3v) is 4.58. The Morgan fingerprint density at radius 1 is 1.26 bits per heavy atom. The van der Waals surface area contributed by atoms with Crippen molar-refractivity contribution in [1.82, 2.24) is 19.7 Å². The molecule has 3 aromatic heterocycles. The Morgan fingerprint density at radius 2 is 2.07 bits per heavy atom. The fourth-order valence-electron chi connectivity index (χ4n) is 3.12. The number of aryl methyl sites for hydroxylation is 1. The lowest BCUT2D eigenvalue weighted by Crippen LogP contribution is -2.09. The molecule has 1 aliphatic rings. The van der Waals surface area contributed by atoms with Crippen LogP contribution in [-0.2, 0) is 11.8 Å². The molecule has 0 saturated carbocycles. The number of hydrogen-bond acceptors (Lipinski definition) is 6. The summed E-state index contributed by atoms with van der Waals surface area (Å²) < 4.78 is 1.69. The molecule has 4 heterocycles. The van der Waals surface area contributed by atoms with Gasteiger partial charge in [-0.1, -0.05) is 0 Å². The van der Waals surface area contributed by atoms with Gasteiger partial charge in [0, 0.05) is 42.3 Å². The molecule has 0 unspecified atom stereocenters. The molecular formula is C19H19N7O. The van der Waals surface area contributed by atoms with Gasteiger partial charge >= 0.3 is 0 Å². The van der Waals surface area contributed by atoms with Crippen molar-refractivity contribution in [3.63, 3.8) is 0 Å². The zero-order valence-electron chi connectivity index (χ0n) is 15.2. The molecule has 4 rings (SSSR count). The maximum atomic E-state index is 12.5. The van der Waals surface area contributed by atoms with E-state index in [0.29, 0.717) is 34.2 Å². The van der Waals surface area contributed by atoms with Crippen LogP contribution < -0.4 is 16.4 Å². The maximum Gasteiger partial charge on any atom is 0.258 e. The molecule has 1 amide bonds. The standard InChI is InChI=1S/C19H19N7O/c1-10-13(7-21-8-14(10)20)15-6-12-16(9-22-15)24-19(27)18(12)11(2)23-17-4-5-26(3)25-17/h4-9H,20H2,1-3H3,(H,23,25)(H,24,27)/b18-11-. The first-order chi connectivity index (χ1) is 12.9. The highest BCUT2D eigenvalue weighted by Crippen LogP contribution is 2.36. The van der Waals surface area contributed by atoms with Gasteiger partial charge in [-0.05, 0) is 25.5 Å². The van der Waals surface area contributed by atoms with E-state index in [1.807, 2.05) is 39.2 Å². The van der Waals surface area contributed by atoms with Crippen LogP contribution in [0.15, 0.2) is 42.6 Å². The van der Waals surface area contributed by atoms with Crippen LogP contribution in [0.5, 0.6) is 0 Å². The molecule has 0 saturated heterocycles. The number of nitrogens with zero attached hydrogens (tertiary/aromatic N) is 4. The van der Waals surface area contributed by atoms with Gasteiger partial charge in [-0.25, -0.2) is 0 Å². The van der Waals surface area contributed by atoms with Gasteiger partial charge in [0.05, 0.1) is 35.0 Å². The fraction of sp³-hybridized carbons (Fsp3) is 0.158. The lowest BCUT2D eigenvalue weighted by molar-refractivity contribution is -0.110. The molecule has 0 aliphatic carbocycles. The van der Waals surface area contributed by atoms with Crippen molar-refractivity contribution in [1.29, 1.82) is 0 Å². The van der Waals surface area contributed by atoms with Gasteiger partial charge in [0.15, 0.2) is 5.82 Å². The summed E-state index contributed by atoms with van der Waals surface area (Å²) in [6.45, 7) is 3.78. The highest BCUT2D eigenvalue weighted by atomic mass is 16.2. The quantitative estimate of drug-likeness (QED) is 0.618. The number of carbonyl (C=O) groups is 1. The zero-order chi connectivity index (χ0) is 19.1. The normalized spacial score (nSPS) is 14.7. The molecule has 27 heavy (non-hydrogen) atoms. The topological polar surface area (TPSA) is 111 Å². The largest absolute Gasteiger partial charge is 0.397 e. The molecule has 0 aromatic carbocycles. The molecule has 4 N–H and O–H groups in total. The van der Waals surface area contributed by atoms with Crippen LogP contribution in [0.25, 0.3) is 16.8 Å². The second-order valence-corrected chi connectivity index (χ2v) is 6.47. The van der Waals surface area contributed by atoms with Gasteiger partial charge in [-0.3, -0.25) is 19.4 Å². The monoisotopic (exact) mass is 361 g/mol. The molecule has 0 radical (unpaired) electrons. The summed E-state index contributed by atoms with van der Waals surface area (Å²) in [5, 5.41) is 10.3. The summed E-state index contributed by atoms with van der Waals surface area (Å²) in [4.78, 5) is 21.2. The van der Waals surface area contributed by atoms with Crippen molar-refractivity contribution in [2.75, 3.05) is 16.4 Å². The molecule has 3 aromatic rings. The molecule has 8 heteroatoms. The summed E-state index contributed by atoms with van der Waals surface area (Å²) in [6, 6.07) is 3.73. The Morgan fingerprint density at radius 3 is 2.81 bits per heavy atom. The summed E-state index contributed by atoms with van der Waals surface area (Å²) >= 11 is 0. The number of anilines is 3. The van der Waals surface area contributed by atoms with Crippen LogP contribution in [0, 0.1) is 6.92 Å². The number of nitrogens with two attached hydrogens (primary N) is 1. The first-order valence-corrected chi connectivity index (χ1v) is 8.44. The van der Waals surface area contributed by atoms with E-state index in [0.717, 1.165) is 16.7 Å². The van der Waals surface area contributed by atoms with Crippen LogP contribution >= 0.6 is 0 Å². The van der Waals surface area contributed by atoms with E-state index >= 15 is 0 Å². The first kappa shape index (κ1) is 16.8. The molecule has 0 fully saturated rings. The van der Waals surface area contributed by atoms with E-state index < -0.39 is 0 Å². The van der Waals surface area contributed by atoms with Gasteiger partial charge < -0.3 is 16.4 Å². The van der Waals surface area contributed by atoms with Crippen molar-refractivity contribution in [2.24, 2.45) is 7.05 Å². The first-order valence-electron chi connectivity index (χ1n) is 8.44. The number of amides is 1. The molecule has 1 aliphatic heterocycles. The van der Waals surface area contributed by atoms with Gasteiger partial charge in [-0.2, -0.15) is 5.10 Å².